The summed E-state index contributed by atoms with van der Waals surface area (Å²) in [5.74, 6) is 0.782. The van der Waals surface area contributed by atoms with Gasteiger partial charge in [0.1, 0.15) is 5.75 Å². The van der Waals surface area contributed by atoms with Crippen molar-refractivity contribution >= 4 is 38.4 Å². The summed E-state index contributed by atoms with van der Waals surface area (Å²) in [6.07, 6.45) is 1.75. The van der Waals surface area contributed by atoms with Gasteiger partial charge in [0.15, 0.2) is 0 Å². The average molecular weight is 261 g/mol. The Balaban J connectivity index is 2.88. The monoisotopic (exact) mass is 259 g/mol. The third-order valence-corrected chi connectivity index (χ3v) is 2.88. The van der Waals surface area contributed by atoms with E-state index < -0.39 is 0 Å². The summed E-state index contributed by atoms with van der Waals surface area (Å²) in [6.45, 7) is 0. The van der Waals surface area contributed by atoms with Crippen molar-refractivity contribution in [1.82, 2.24) is 4.98 Å². The number of aromatic amines is 1. The number of fused-ring (bicyclic) bond motifs is 1. The molecule has 0 fully saturated rings. The maximum Gasteiger partial charge on any atom is 0.129 e. The highest BCUT2D eigenvalue weighted by molar-refractivity contribution is 9.10. The molecule has 0 aliphatic heterocycles. The zero-order chi connectivity index (χ0) is 9.42. The van der Waals surface area contributed by atoms with Crippen molar-refractivity contribution in [3.05, 3.63) is 27.8 Å². The summed E-state index contributed by atoms with van der Waals surface area (Å²) in [7, 11) is 1.63. The Morgan fingerprint density at radius 1 is 1.46 bits per heavy atom. The van der Waals surface area contributed by atoms with Crippen LogP contribution in [0.25, 0.3) is 10.9 Å². The van der Waals surface area contributed by atoms with Gasteiger partial charge in [-0.3, -0.25) is 0 Å². The summed E-state index contributed by atoms with van der Waals surface area (Å²) < 4.78 is 6.18. The number of benzene rings is 1. The highest BCUT2D eigenvalue weighted by atomic mass is 79.9. The first kappa shape index (κ1) is 8.91. The second-order valence-electron chi connectivity index (χ2n) is 2.64. The van der Waals surface area contributed by atoms with Crippen molar-refractivity contribution in [3.8, 4) is 5.75 Å². The number of hydrogen-bond donors (Lipinski definition) is 1. The van der Waals surface area contributed by atoms with E-state index in [1.54, 1.807) is 13.3 Å². The standard InChI is InChI=1S/C9H7BrClNO/c1-13-7-3-2-5(10)9-8(7)6(11)4-12-9/h2-4,12H,1H3. The minimum absolute atomic E-state index is 0.674. The van der Waals surface area contributed by atoms with E-state index in [0.717, 1.165) is 21.1 Å². The number of H-pyrrole nitrogens is 1. The molecule has 0 saturated carbocycles. The van der Waals surface area contributed by atoms with Crippen molar-refractivity contribution in [2.24, 2.45) is 0 Å². The lowest BCUT2D eigenvalue weighted by atomic mass is 10.2. The molecule has 0 aliphatic rings. The Hall–Kier alpha value is -0.670. The molecule has 0 unspecified atom stereocenters. The van der Waals surface area contributed by atoms with Crippen LogP contribution in [0.15, 0.2) is 22.8 Å². The van der Waals surface area contributed by atoms with Crippen LogP contribution in [0.1, 0.15) is 0 Å². The molecule has 1 N–H and O–H groups in total. The van der Waals surface area contributed by atoms with E-state index in [1.165, 1.54) is 0 Å². The van der Waals surface area contributed by atoms with Gasteiger partial charge in [0.2, 0.25) is 0 Å². The topological polar surface area (TPSA) is 25.0 Å². The minimum Gasteiger partial charge on any atom is -0.496 e. The molecule has 4 heteroatoms. The molecule has 13 heavy (non-hydrogen) atoms. The molecule has 0 atom stereocenters. The Kier molecular flexibility index (Phi) is 2.22. The molecule has 1 aromatic carbocycles. The molecule has 2 aromatic rings. The maximum atomic E-state index is 6.00. The van der Waals surface area contributed by atoms with E-state index in [4.69, 9.17) is 16.3 Å². The van der Waals surface area contributed by atoms with E-state index in [0.29, 0.717) is 5.02 Å². The molecule has 0 amide bonds. The van der Waals surface area contributed by atoms with Crippen LogP contribution in [0.2, 0.25) is 5.02 Å². The number of nitrogens with one attached hydrogen (secondary N) is 1. The van der Waals surface area contributed by atoms with E-state index >= 15 is 0 Å². The first-order valence-corrected chi connectivity index (χ1v) is 4.90. The zero-order valence-electron chi connectivity index (χ0n) is 6.90. The smallest absolute Gasteiger partial charge is 0.129 e. The fourth-order valence-electron chi connectivity index (χ4n) is 1.31. The second-order valence-corrected chi connectivity index (χ2v) is 3.90. The quantitative estimate of drug-likeness (QED) is 0.833. The van der Waals surface area contributed by atoms with Crippen LogP contribution in [0.4, 0.5) is 0 Å². The van der Waals surface area contributed by atoms with Gasteiger partial charge in [-0.15, -0.1) is 0 Å². The van der Waals surface area contributed by atoms with Crippen LogP contribution < -0.4 is 4.74 Å². The predicted octanol–water partition coefficient (Wildman–Crippen LogP) is 3.59. The van der Waals surface area contributed by atoms with Crippen LogP contribution in [0.5, 0.6) is 5.75 Å². The normalized spacial score (nSPS) is 10.7. The van der Waals surface area contributed by atoms with Crippen LogP contribution >= 0.6 is 27.5 Å². The summed E-state index contributed by atoms with van der Waals surface area (Å²) >= 11 is 9.42. The lowest BCUT2D eigenvalue weighted by molar-refractivity contribution is 0.420. The highest BCUT2D eigenvalue weighted by Gasteiger charge is 2.09. The Bertz CT molecular complexity index is 452. The maximum absolute atomic E-state index is 6.00. The fourth-order valence-corrected chi connectivity index (χ4v) is 2.00. The van der Waals surface area contributed by atoms with E-state index in [1.807, 2.05) is 12.1 Å². The highest BCUT2D eigenvalue weighted by Crippen LogP contribution is 2.35. The number of rotatable bonds is 1. The van der Waals surface area contributed by atoms with Gasteiger partial charge in [0.05, 0.1) is 23.0 Å². The van der Waals surface area contributed by atoms with Gasteiger partial charge < -0.3 is 9.72 Å². The molecule has 2 nitrogen and oxygen atoms in total. The van der Waals surface area contributed by atoms with Gasteiger partial charge in [-0.2, -0.15) is 0 Å². The number of methoxy groups -OCH3 is 1. The lowest BCUT2D eigenvalue weighted by Crippen LogP contribution is -1.83. The molecule has 0 aliphatic carbocycles. The molecule has 2 rings (SSSR count). The predicted molar refractivity (Wildman–Crippen MR) is 57.6 cm³/mol. The molecule has 0 bridgehead atoms. The number of ether oxygens (including phenoxy) is 1. The number of hydrogen-bond acceptors (Lipinski definition) is 1. The molecule has 68 valence electrons. The van der Waals surface area contributed by atoms with Gasteiger partial charge >= 0.3 is 0 Å². The molecule has 0 radical (unpaired) electrons. The second kappa shape index (κ2) is 3.24. The third kappa shape index (κ3) is 1.32. The van der Waals surface area contributed by atoms with Crippen LogP contribution in [0, 0.1) is 0 Å². The molecule has 1 aromatic heterocycles. The first-order chi connectivity index (χ1) is 6.24. The van der Waals surface area contributed by atoms with Gasteiger partial charge in [-0.05, 0) is 28.1 Å². The van der Waals surface area contributed by atoms with Crippen LogP contribution in [-0.2, 0) is 0 Å². The zero-order valence-corrected chi connectivity index (χ0v) is 9.24. The fraction of sp³-hybridized carbons (Fsp3) is 0.111. The van der Waals surface area contributed by atoms with Crippen molar-refractivity contribution in [2.75, 3.05) is 7.11 Å². The molecular formula is C9H7BrClNO. The number of aromatic nitrogens is 1. The summed E-state index contributed by atoms with van der Waals surface area (Å²) in [4.78, 5) is 3.07. The van der Waals surface area contributed by atoms with Gasteiger partial charge in [-0.1, -0.05) is 11.6 Å². The van der Waals surface area contributed by atoms with Gasteiger partial charge in [-0.25, -0.2) is 0 Å². The first-order valence-electron chi connectivity index (χ1n) is 3.73. The largest absolute Gasteiger partial charge is 0.496 e. The van der Waals surface area contributed by atoms with Gasteiger partial charge in [0, 0.05) is 10.7 Å². The lowest BCUT2D eigenvalue weighted by Gasteiger charge is -2.02. The van der Waals surface area contributed by atoms with Crippen molar-refractivity contribution in [2.45, 2.75) is 0 Å². The van der Waals surface area contributed by atoms with Crippen molar-refractivity contribution < 1.29 is 4.74 Å². The Morgan fingerprint density at radius 3 is 2.92 bits per heavy atom. The van der Waals surface area contributed by atoms with E-state index in [2.05, 4.69) is 20.9 Å². The Labute approximate surface area is 89.0 Å². The number of halogens is 2. The molecule has 0 spiro atoms. The van der Waals surface area contributed by atoms with Gasteiger partial charge in [0.25, 0.3) is 0 Å². The minimum atomic E-state index is 0.674. The summed E-state index contributed by atoms with van der Waals surface area (Å²) in [5.41, 5.74) is 0.962. The molecule has 0 saturated heterocycles. The SMILES string of the molecule is COc1ccc(Br)c2[nH]cc(Cl)c12. The van der Waals surface area contributed by atoms with Crippen LogP contribution in [0.3, 0.4) is 0 Å². The molecule has 1 heterocycles. The van der Waals surface area contributed by atoms with E-state index in [-0.39, 0.29) is 0 Å². The van der Waals surface area contributed by atoms with Crippen LogP contribution in [-0.4, -0.2) is 12.1 Å². The summed E-state index contributed by atoms with van der Waals surface area (Å²) in [5, 5.41) is 1.59. The third-order valence-electron chi connectivity index (χ3n) is 1.92. The van der Waals surface area contributed by atoms with Crippen molar-refractivity contribution in [3.63, 3.8) is 0 Å². The van der Waals surface area contributed by atoms with Crippen molar-refractivity contribution in [1.29, 1.82) is 0 Å². The Morgan fingerprint density at radius 2 is 2.23 bits per heavy atom. The average Bonchev–Trinajstić information content (AvgIpc) is 2.51. The molecular weight excluding hydrogens is 253 g/mol. The van der Waals surface area contributed by atoms with E-state index in [9.17, 15) is 0 Å². The summed E-state index contributed by atoms with van der Waals surface area (Å²) in [6, 6.07) is 3.81.